The fourth-order valence-corrected chi connectivity index (χ4v) is 4.42. The largest absolute Gasteiger partial charge is 0.342 e. The van der Waals surface area contributed by atoms with Crippen LogP contribution in [0.25, 0.3) is 11.1 Å². The molecule has 0 aromatic heterocycles. The number of aryl methyl sites for hydroxylation is 1. The SMILES string of the molecule is CS.Cc1cccc(C2CC2C(=O)N2CCCC(N)CC2)c1-c1ccccc1F. The van der Waals surface area contributed by atoms with Gasteiger partial charge < -0.3 is 10.6 Å². The van der Waals surface area contributed by atoms with E-state index in [2.05, 4.69) is 18.7 Å². The number of likely N-dealkylation sites (tertiary alicyclic amines) is 1. The Morgan fingerprint density at radius 3 is 2.62 bits per heavy atom. The average molecular weight is 415 g/mol. The van der Waals surface area contributed by atoms with Gasteiger partial charge in [0.1, 0.15) is 5.82 Å². The highest BCUT2D eigenvalue weighted by Crippen LogP contribution is 2.52. The molecule has 1 aliphatic carbocycles. The Kier molecular flexibility index (Phi) is 7.36. The second-order valence-corrected chi connectivity index (χ2v) is 7.98. The molecule has 1 aliphatic heterocycles. The highest BCUT2D eigenvalue weighted by molar-refractivity contribution is 7.79. The van der Waals surface area contributed by atoms with Crippen molar-refractivity contribution >= 4 is 18.5 Å². The number of thiol groups is 1. The summed E-state index contributed by atoms with van der Waals surface area (Å²) in [5, 5.41) is 0. The molecule has 1 saturated heterocycles. The summed E-state index contributed by atoms with van der Waals surface area (Å²) in [6, 6.07) is 13.2. The molecule has 4 rings (SSSR count). The summed E-state index contributed by atoms with van der Waals surface area (Å²) in [5.41, 5.74) is 9.78. The van der Waals surface area contributed by atoms with Crippen LogP contribution in [0, 0.1) is 18.7 Å². The number of hydrogen-bond donors (Lipinski definition) is 2. The van der Waals surface area contributed by atoms with Gasteiger partial charge in [-0.3, -0.25) is 4.79 Å². The second kappa shape index (κ2) is 9.77. The molecule has 1 amide bonds. The minimum absolute atomic E-state index is 0.0200. The molecule has 29 heavy (non-hydrogen) atoms. The highest BCUT2D eigenvalue weighted by atomic mass is 32.1. The molecular formula is C24H31FN2OS. The first-order chi connectivity index (χ1) is 14.1. The number of nitrogens with zero attached hydrogens (tertiary/aromatic N) is 1. The molecule has 0 spiro atoms. The van der Waals surface area contributed by atoms with Gasteiger partial charge in [-0.15, -0.1) is 0 Å². The standard InChI is InChI=1S/C23H27FN2O.CH4S/c1-15-6-4-9-17(22(15)18-8-2-3-10-21(18)24)19-14-20(19)23(27)26-12-5-7-16(25)11-13-26;1-2/h2-4,6,8-10,16,19-20H,5,7,11-14,25H2,1H3;2H,1H3. The first kappa shape index (κ1) is 21.8. The summed E-state index contributed by atoms with van der Waals surface area (Å²) >= 11 is 3.53. The van der Waals surface area contributed by atoms with Gasteiger partial charge in [0.25, 0.3) is 0 Å². The average Bonchev–Trinajstić information content (AvgIpc) is 3.54. The minimum atomic E-state index is -0.210. The van der Waals surface area contributed by atoms with Crippen molar-refractivity contribution in [1.29, 1.82) is 0 Å². The van der Waals surface area contributed by atoms with Crippen LogP contribution in [0.5, 0.6) is 0 Å². The predicted octanol–water partition coefficient (Wildman–Crippen LogP) is 4.79. The van der Waals surface area contributed by atoms with Crippen LogP contribution in [-0.4, -0.2) is 36.2 Å². The summed E-state index contributed by atoms with van der Waals surface area (Å²) in [4.78, 5) is 15.0. The predicted molar refractivity (Wildman–Crippen MR) is 121 cm³/mol. The van der Waals surface area contributed by atoms with E-state index in [4.69, 9.17) is 5.73 Å². The Labute approximate surface area is 178 Å². The molecule has 2 aliphatic rings. The molecule has 2 aromatic carbocycles. The molecule has 2 aromatic rings. The van der Waals surface area contributed by atoms with Crippen molar-refractivity contribution in [3.63, 3.8) is 0 Å². The lowest BCUT2D eigenvalue weighted by atomic mass is 9.91. The number of nitrogens with two attached hydrogens (primary N) is 1. The number of halogens is 1. The Balaban J connectivity index is 0.00000117. The minimum Gasteiger partial charge on any atom is -0.342 e. The van der Waals surface area contributed by atoms with Gasteiger partial charge in [-0.25, -0.2) is 4.39 Å². The summed E-state index contributed by atoms with van der Waals surface area (Å²) in [6.07, 6.45) is 5.41. The molecule has 2 N–H and O–H groups in total. The van der Waals surface area contributed by atoms with Gasteiger partial charge >= 0.3 is 0 Å². The molecule has 0 bridgehead atoms. The van der Waals surface area contributed by atoms with Crippen LogP contribution in [0.3, 0.4) is 0 Å². The van der Waals surface area contributed by atoms with E-state index in [-0.39, 0.29) is 29.6 Å². The molecule has 3 unspecified atom stereocenters. The number of carbonyl (C=O) groups is 1. The second-order valence-electron chi connectivity index (χ2n) is 7.98. The van der Waals surface area contributed by atoms with Crippen molar-refractivity contribution in [1.82, 2.24) is 4.90 Å². The Bertz CT molecular complexity index is 857. The molecule has 2 fully saturated rings. The quantitative estimate of drug-likeness (QED) is 0.710. The lowest BCUT2D eigenvalue weighted by Crippen LogP contribution is -2.34. The Hall–Kier alpha value is -1.85. The van der Waals surface area contributed by atoms with E-state index in [0.717, 1.165) is 55.5 Å². The molecule has 1 heterocycles. The third kappa shape index (κ3) is 4.84. The van der Waals surface area contributed by atoms with Gasteiger partial charge in [-0.1, -0.05) is 36.4 Å². The summed E-state index contributed by atoms with van der Waals surface area (Å²) in [6.45, 7) is 3.58. The fraction of sp³-hybridized carbons (Fsp3) is 0.458. The van der Waals surface area contributed by atoms with Gasteiger partial charge in [0, 0.05) is 30.6 Å². The Morgan fingerprint density at radius 1 is 1.10 bits per heavy atom. The normalized spacial score (nSPS) is 23.6. The van der Waals surface area contributed by atoms with E-state index in [0.29, 0.717) is 5.56 Å². The van der Waals surface area contributed by atoms with Gasteiger partial charge in [0.15, 0.2) is 0 Å². The maximum atomic E-state index is 14.5. The maximum Gasteiger partial charge on any atom is 0.226 e. The first-order valence-corrected chi connectivity index (χ1v) is 11.3. The van der Waals surface area contributed by atoms with Crippen LogP contribution in [0.2, 0.25) is 0 Å². The number of rotatable bonds is 3. The summed E-state index contributed by atoms with van der Waals surface area (Å²) in [7, 11) is 0. The van der Waals surface area contributed by atoms with Crippen molar-refractivity contribution in [2.24, 2.45) is 11.7 Å². The third-order valence-electron chi connectivity index (χ3n) is 6.04. The van der Waals surface area contributed by atoms with Crippen LogP contribution in [0.1, 0.15) is 42.7 Å². The van der Waals surface area contributed by atoms with Crippen LogP contribution in [0.15, 0.2) is 42.5 Å². The number of hydrogen-bond acceptors (Lipinski definition) is 3. The maximum absolute atomic E-state index is 14.5. The van der Waals surface area contributed by atoms with Crippen molar-refractivity contribution in [3.05, 3.63) is 59.4 Å². The lowest BCUT2D eigenvalue weighted by Gasteiger charge is -2.21. The monoisotopic (exact) mass is 414 g/mol. The van der Waals surface area contributed by atoms with E-state index < -0.39 is 0 Å². The molecule has 1 saturated carbocycles. The van der Waals surface area contributed by atoms with Crippen LogP contribution >= 0.6 is 12.6 Å². The molecule has 3 atom stereocenters. The third-order valence-corrected chi connectivity index (χ3v) is 6.04. The first-order valence-electron chi connectivity index (χ1n) is 10.4. The number of carbonyl (C=O) groups excluding carboxylic acids is 1. The Morgan fingerprint density at radius 2 is 1.86 bits per heavy atom. The number of amides is 1. The summed E-state index contributed by atoms with van der Waals surface area (Å²) in [5.74, 6) is 0.240. The van der Waals surface area contributed by atoms with Crippen molar-refractivity contribution < 1.29 is 9.18 Å². The van der Waals surface area contributed by atoms with Crippen LogP contribution in [0.4, 0.5) is 4.39 Å². The van der Waals surface area contributed by atoms with E-state index >= 15 is 0 Å². The zero-order chi connectivity index (χ0) is 21.0. The van der Waals surface area contributed by atoms with Crippen LogP contribution in [-0.2, 0) is 4.79 Å². The van der Waals surface area contributed by atoms with Gasteiger partial charge in [-0.05, 0) is 67.5 Å². The summed E-state index contributed by atoms with van der Waals surface area (Å²) < 4.78 is 14.5. The van der Waals surface area contributed by atoms with Crippen molar-refractivity contribution in [2.75, 3.05) is 19.3 Å². The van der Waals surface area contributed by atoms with Gasteiger partial charge in [0.05, 0.1) is 0 Å². The highest BCUT2D eigenvalue weighted by Gasteiger charge is 2.47. The number of benzene rings is 2. The van der Waals surface area contributed by atoms with E-state index in [1.165, 1.54) is 6.07 Å². The molecular weight excluding hydrogens is 383 g/mol. The molecule has 5 heteroatoms. The van der Waals surface area contributed by atoms with Gasteiger partial charge in [0.2, 0.25) is 5.91 Å². The topological polar surface area (TPSA) is 46.3 Å². The molecule has 3 nitrogen and oxygen atoms in total. The zero-order valence-corrected chi connectivity index (χ0v) is 18.2. The van der Waals surface area contributed by atoms with E-state index in [1.54, 1.807) is 12.3 Å². The van der Waals surface area contributed by atoms with Crippen molar-refractivity contribution in [3.8, 4) is 11.1 Å². The van der Waals surface area contributed by atoms with E-state index in [1.807, 2.05) is 36.1 Å². The molecule has 156 valence electrons. The smallest absolute Gasteiger partial charge is 0.226 e. The van der Waals surface area contributed by atoms with E-state index in [9.17, 15) is 9.18 Å². The van der Waals surface area contributed by atoms with Crippen LogP contribution < -0.4 is 5.73 Å². The lowest BCUT2D eigenvalue weighted by molar-refractivity contribution is -0.132. The zero-order valence-electron chi connectivity index (χ0n) is 17.3. The van der Waals surface area contributed by atoms with Gasteiger partial charge in [-0.2, -0.15) is 12.6 Å². The van der Waals surface area contributed by atoms with Crippen molar-refractivity contribution in [2.45, 2.75) is 44.6 Å². The fourth-order valence-electron chi connectivity index (χ4n) is 4.42. The molecule has 0 radical (unpaired) electrons.